The van der Waals surface area contributed by atoms with E-state index in [4.69, 9.17) is 0 Å². The maximum absolute atomic E-state index is 13.5. The Labute approximate surface area is 140 Å². The maximum atomic E-state index is 13.5. The van der Waals surface area contributed by atoms with Gasteiger partial charge in [0, 0.05) is 11.1 Å². The highest BCUT2D eigenvalue weighted by Crippen LogP contribution is 2.50. The molecule has 4 rings (SSSR count). The van der Waals surface area contributed by atoms with Crippen molar-refractivity contribution in [2.75, 3.05) is 0 Å². The van der Waals surface area contributed by atoms with Crippen molar-refractivity contribution in [3.05, 3.63) is 84.2 Å². The topological polar surface area (TPSA) is 22.0 Å². The fourth-order valence-electron chi connectivity index (χ4n) is 3.29. The molecule has 3 heteroatoms. The van der Waals surface area contributed by atoms with Crippen LogP contribution < -0.4 is 0 Å². The van der Waals surface area contributed by atoms with Gasteiger partial charge in [-0.1, -0.05) is 49.4 Å². The molecule has 2 heterocycles. The summed E-state index contributed by atoms with van der Waals surface area (Å²) in [5.74, 6) is 0.178. The van der Waals surface area contributed by atoms with E-state index in [2.05, 4.69) is 31.2 Å². The van der Waals surface area contributed by atoms with Crippen molar-refractivity contribution in [1.82, 2.24) is 4.57 Å². The zero-order valence-electron chi connectivity index (χ0n) is 12.9. The van der Waals surface area contributed by atoms with Gasteiger partial charge < -0.3 is 4.57 Å². The Kier molecular flexibility index (Phi) is 3.38. The van der Waals surface area contributed by atoms with Gasteiger partial charge in [-0.3, -0.25) is 4.79 Å². The molecule has 0 saturated carbocycles. The van der Waals surface area contributed by atoms with E-state index in [0.717, 1.165) is 28.3 Å². The number of thioether (sulfide) groups is 1. The average Bonchev–Trinajstić information content (AvgIpc) is 3.06. The summed E-state index contributed by atoms with van der Waals surface area (Å²) in [5, 5.41) is 0. The number of rotatable bonds is 2. The molecule has 3 aromatic rings. The van der Waals surface area contributed by atoms with Crippen LogP contribution in [0, 0.1) is 0 Å². The molecule has 0 unspecified atom stereocenters. The first-order valence-corrected chi connectivity index (χ1v) is 8.64. The van der Waals surface area contributed by atoms with Gasteiger partial charge in [0.25, 0.3) is 0 Å². The molecule has 23 heavy (non-hydrogen) atoms. The first-order valence-electron chi connectivity index (χ1n) is 7.82. The van der Waals surface area contributed by atoms with Crippen molar-refractivity contribution in [2.45, 2.75) is 23.0 Å². The Morgan fingerprint density at radius 2 is 1.70 bits per heavy atom. The zero-order chi connectivity index (χ0) is 15.9. The van der Waals surface area contributed by atoms with Crippen molar-refractivity contribution in [1.29, 1.82) is 0 Å². The third-order valence-corrected chi connectivity index (χ3v) is 6.12. The summed E-state index contributed by atoms with van der Waals surface area (Å²) in [4.78, 5) is 14.6. The van der Waals surface area contributed by atoms with Crippen LogP contribution in [-0.2, 0) is 4.75 Å². The summed E-state index contributed by atoms with van der Waals surface area (Å²) in [6, 6.07) is 22.3. The van der Waals surface area contributed by atoms with Crippen molar-refractivity contribution in [2.24, 2.45) is 0 Å². The first kappa shape index (κ1) is 14.3. The second kappa shape index (κ2) is 5.43. The average molecular weight is 319 g/mol. The van der Waals surface area contributed by atoms with Crippen LogP contribution in [-0.4, -0.2) is 10.4 Å². The monoisotopic (exact) mass is 319 g/mol. The Hall–Kier alpha value is -2.26. The highest BCUT2D eigenvalue weighted by Gasteiger charge is 2.43. The molecule has 0 saturated heterocycles. The van der Waals surface area contributed by atoms with Crippen LogP contribution >= 0.6 is 11.8 Å². The standard InChI is InChI=1S/C20H17NOS/c1-2-20(15-9-4-3-5-10-15)19(22)17-12-8-14-21(17)16-11-6-7-13-18(16)23-20/h3-14H,2H2,1H3/t20-/m0/s1. The third-order valence-electron chi connectivity index (χ3n) is 4.50. The van der Waals surface area contributed by atoms with E-state index >= 15 is 0 Å². The van der Waals surface area contributed by atoms with E-state index in [1.165, 1.54) is 0 Å². The minimum Gasteiger partial charge on any atom is -0.313 e. The summed E-state index contributed by atoms with van der Waals surface area (Å²) < 4.78 is 1.44. The summed E-state index contributed by atoms with van der Waals surface area (Å²) in [5.41, 5.74) is 2.91. The summed E-state index contributed by atoms with van der Waals surface area (Å²) in [6.07, 6.45) is 2.73. The second-order valence-corrected chi connectivity index (χ2v) is 7.05. The Morgan fingerprint density at radius 1 is 0.957 bits per heavy atom. The number of hydrogen-bond donors (Lipinski definition) is 0. The molecule has 0 radical (unpaired) electrons. The molecule has 0 bridgehead atoms. The number of carbonyl (C=O) groups excluding carboxylic acids is 1. The van der Waals surface area contributed by atoms with Gasteiger partial charge in [-0.2, -0.15) is 0 Å². The number of carbonyl (C=O) groups is 1. The molecule has 2 nitrogen and oxygen atoms in total. The molecule has 0 aliphatic carbocycles. The number of benzene rings is 2. The molecule has 0 N–H and O–H groups in total. The molecule has 1 aliphatic heterocycles. The minimum atomic E-state index is -0.579. The first-order chi connectivity index (χ1) is 11.3. The normalized spacial score (nSPS) is 19.8. The number of Topliss-reactive ketones (excluding diaryl/α,β-unsaturated/α-hetero) is 1. The highest BCUT2D eigenvalue weighted by atomic mass is 32.2. The van der Waals surface area contributed by atoms with E-state index in [0.29, 0.717) is 0 Å². The largest absolute Gasteiger partial charge is 0.313 e. The van der Waals surface area contributed by atoms with Crippen molar-refractivity contribution in [3.8, 4) is 5.69 Å². The molecule has 0 amide bonds. The number of para-hydroxylation sites is 1. The van der Waals surface area contributed by atoms with Gasteiger partial charge >= 0.3 is 0 Å². The summed E-state index contributed by atoms with van der Waals surface area (Å²) in [7, 11) is 0. The Morgan fingerprint density at radius 3 is 2.48 bits per heavy atom. The van der Waals surface area contributed by atoms with Gasteiger partial charge in [-0.05, 0) is 36.2 Å². The molecule has 0 spiro atoms. The Balaban J connectivity index is 2.02. The van der Waals surface area contributed by atoms with Crippen LogP contribution in [0.4, 0.5) is 0 Å². The van der Waals surface area contributed by atoms with Crippen LogP contribution in [0.2, 0.25) is 0 Å². The quantitative estimate of drug-likeness (QED) is 0.658. The van der Waals surface area contributed by atoms with Crippen LogP contribution in [0.25, 0.3) is 5.69 Å². The van der Waals surface area contributed by atoms with Gasteiger partial charge in [-0.15, -0.1) is 11.8 Å². The number of nitrogens with zero attached hydrogens (tertiary/aromatic N) is 1. The van der Waals surface area contributed by atoms with Crippen LogP contribution in [0.5, 0.6) is 0 Å². The van der Waals surface area contributed by atoms with E-state index in [-0.39, 0.29) is 5.78 Å². The van der Waals surface area contributed by atoms with Gasteiger partial charge in [0.1, 0.15) is 4.75 Å². The Bertz CT molecular complexity index is 868. The molecule has 114 valence electrons. The molecule has 1 aliphatic rings. The lowest BCUT2D eigenvalue weighted by molar-refractivity contribution is 0.0933. The van der Waals surface area contributed by atoms with Crippen molar-refractivity contribution < 1.29 is 4.79 Å². The third kappa shape index (κ3) is 2.07. The molecule has 0 fully saturated rings. The molecular weight excluding hydrogens is 302 g/mol. The SMILES string of the molecule is CC[C@@]1(c2ccccc2)Sc2ccccc2-n2cccc2C1=O. The molecule has 1 atom stereocenters. The smallest absolute Gasteiger partial charge is 0.200 e. The fourth-order valence-corrected chi connectivity index (χ4v) is 4.68. The van der Waals surface area contributed by atoms with E-state index in [9.17, 15) is 4.79 Å². The number of ketones is 1. The molecular formula is C20H17NOS. The maximum Gasteiger partial charge on any atom is 0.200 e. The number of aromatic nitrogens is 1. The van der Waals surface area contributed by atoms with Gasteiger partial charge in [0.2, 0.25) is 0 Å². The van der Waals surface area contributed by atoms with Crippen molar-refractivity contribution >= 4 is 17.5 Å². The second-order valence-electron chi connectivity index (χ2n) is 5.71. The number of fused-ring (bicyclic) bond motifs is 3. The predicted molar refractivity (Wildman–Crippen MR) is 94.4 cm³/mol. The molecule has 2 aromatic carbocycles. The van der Waals surface area contributed by atoms with E-state index in [1.807, 2.05) is 53.2 Å². The van der Waals surface area contributed by atoms with E-state index < -0.39 is 4.75 Å². The zero-order valence-corrected chi connectivity index (χ0v) is 13.7. The summed E-state index contributed by atoms with van der Waals surface area (Å²) >= 11 is 1.68. The van der Waals surface area contributed by atoms with E-state index in [1.54, 1.807) is 11.8 Å². The summed E-state index contributed by atoms with van der Waals surface area (Å²) in [6.45, 7) is 2.10. The lowest BCUT2D eigenvalue weighted by Crippen LogP contribution is -2.32. The van der Waals surface area contributed by atoms with Gasteiger partial charge in [0.05, 0.1) is 11.4 Å². The number of hydrogen-bond acceptors (Lipinski definition) is 2. The highest BCUT2D eigenvalue weighted by molar-refractivity contribution is 8.01. The van der Waals surface area contributed by atoms with Gasteiger partial charge in [-0.25, -0.2) is 0 Å². The van der Waals surface area contributed by atoms with Crippen LogP contribution in [0.15, 0.2) is 77.8 Å². The van der Waals surface area contributed by atoms with Crippen LogP contribution in [0.1, 0.15) is 29.4 Å². The van der Waals surface area contributed by atoms with Crippen LogP contribution in [0.3, 0.4) is 0 Å². The van der Waals surface area contributed by atoms with Crippen molar-refractivity contribution in [3.63, 3.8) is 0 Å². The molecule has 1 aromatic heterocycles. The fraction of sp³-hybridized carbons (Fsp3) is 0.150. The van der Waals surface area contributed by atoms with Gasteiger partial charge in [0.15, 0.2) is 5.78 Å². The lowest BCUT2D eigenvalue weighted by Gasteiger charge is -2.29. The predicted octanol–water partition coefficient (Wildman–Crippen LogP) is 5.07. The lowest BCUT2D eigenvalue weighted by atomic mass is 9.89. The minimum absolute atomic E-state index is 0.178.